The highest BCUT2D eigenvalue weighted by molar-refractivity contribution is 5.63. The monoisotopic (exact) mass is 368 g/mol. The van der Waals surface area contributed by atoms with Crippen LogP contribution in [0.15, 0.2) is 79.0 Å². The highest BCUT2D eigenvalue weighted by Crippen LogP contribution is 2.28. The molecule has 0 amide bonds. The van der Waals surface area contributed by atoms with Crippen LogP contribution in [-0.4, -0.2) is 32.6 Å². The number of hydrogen-bond acceptors (Lipinski definition) is 3. The average Bonchev–Trinajstić information content (AvgIpc) is 3.20. The van der Waals surface area contributed by atoms with E-state index < -0.39 is 0 Å². The zero-order valence-electron chi connectivity index (χ0n) is 15.9. The molecule has 0 radical (unpaired) electrons. The first-order chi connectivity index (χ1) is 13.9. The van der Waals surface area contributed by atoms with Gasteiger partial charge in [0.05, 0.1) is 0 Å². The molecule has 0 aliphatic carbocycles. The molecule has 0 spiro atoms. The zero-order valence-corrected chi connectivity index (χ0v) is 15.9. The molecule has 0 saturated carbocycles. The lowest BCUT2D eigenvalue weighted by molar-refractivity contribution is 0.201. The molecule has 140 valence electrons. The molecular formula is C24H24N4. The van der Waals surface area contributed by atoms with E-state index in [-0.39, 0.29) is 0 Å². The quantitative estimate of drug-likeness (QED) is 0.520. The smallest absolute Gasteiger partial charge is 0.160 e. The Morgan fingerprint density at radius 1 is 0.750 bits per heavy atom. The minimum Gasteiger partial charge on any atom is -0.299 e. The Kier molecular flexibility index (Phi) is 4.63. The minimum absolute atomic E-state index is 0.495. The van der Waals surface area contributed by atoms with Crippen molar-refractivity contribution in [3.8, 4) is 11.1 Å². The van der Waals surface area contributed by atoms with Crippen molar-refractivity contribution in [1.82, 2.24) is 19.5 Å². The summed E-state index contributed by atoms with van der Waals surface area (Å²) in [6, 6.07) is 25.6. The molecule has 0 atom stereocenters. The topological polar surface area (TPSA) is 33.4 Å². The van der Waals surface area contributed by atoms with Gasteiger partial charge in [0.25, 0.3) is 0 Å². The van der Waals surface area contributed by atoms with Gasteiger partial charge in [-0.1, -0.05) is 60.7 Å². The molecule has 0 unspecified atom stereocenters. The number of fused-ring (bicyclic) bond motifs is 1. The number of pyridine rings is 1. The standard InChI is InChI=1S/C24H24N4/c1-2-6-20(7-3-1)21-11-9-19(10-12-21)18-27-16-13-22(14-17-27)24-26-25-23-8-4-5-15-28(23)24/h1-12,15,22H,13-14,16-18H2. The Balaban J connectivity index is 1.22. The SMILES string of the molecule is c1ccc(-c2ccc(CN3CCC(c4nnc5ccccn45)CC3)cc2)cc1. The van der Waals surface area contributed by atoms with Crippen molar-refractivity contribution in [2.24, 2.45) is 0 Å². The molecule has 2 aromatic heterocycles. The molecular weight excluding hydrogens is 344 g/mol. The van der Waals surface area contributed by atoms with Crippen LogP contribution in [0.1, 0.15) is 30.1 Å². The summed E-state index contributed by atoms with van der Waals surface area (Å²) >= 11 is 0. The van der Waals surface area contributed by atoms with Crippen molar-refractivity contribution in [2.75, 3.05) is 13.1 Å². The van der Waals surface area contributed by atoms with E-state index in [2.05, 4.69) is 80.3 Å². The maximum Gasteiger partial charge on any atom is 0.160 e. The first-order valence-electron chi connectivity index (χ1n) is 10.0. The number of nitrogens with zero attached hydrogens (tertiary/aromatic N) is 4. The van der Waals surface area contributed by atoms with E-state index in [0.717, 1.165) is 43.9 Å². The lowest BCUT2D eigenvalue weighted by Gasteiger charge is -2.31. The lowest BCUT2D eigenvalue weighted by Crippen LogP contribution is -2.33. The van der Waals surface area contributed by atoms with Crippen LogP contribution in [0.5, 0.6) is 0 Å². The van der Waals surface area contributed by atoms with Crippen molar-refractivity contribution in [2.45, 2.75) is 25.3 Å². The van der Waals surface area contributed by atoms with Gasteiger partial charge in [-0.2, -0.15) is 0 Å². The van der Waals surface area contributed by atoms with Crippen LogP contribution in [0.25, 0.3) is 16.8 Å². The Labute approximate surface area is 165 Å². The molecule has 28 heavy (non-hydrogen) atoms. The molecule has 5 rings (SSSR count). The highest BCUT2D eigenvalue weighted by Gasteiger charge is 2.24. The molecule has 3 heterocycles. The summed E-state index contributed by atoms with van der Waals surface area (Å²) in [7, 11) is 0. The van der Waals surface area contributed by atoms with Crippen molar-refractivity contribution in [3.05, 3.63) is 90.4 Å². The van der Waals surface area contributed by atoms with Crippen molar-refractivity contribution < 1.29 is 0 Å². The fourth-order valence-electron chi connectivity index (χ4n) is 4.18. The van der Waals surface area contributed by atoms with Crippen LogP contribution in [-0.2, 0) is 6.54 Å². The zero-order chi connectivity index (χ0) is 18.8. The van der Waals surface area contributed by atoms with Gasteiger partial charge in [-0.05, 0) is 54.8 Å². The largest absolute Gasteiger partial charge is 0.299 e. The Morgan fingerprint density at radius 2 is 1.46 bits per heavy atom. The molecule has 0 bridgehead atoms. The summed E-state index contributed by atoms with van der Waals surface area (Å²) in [5, 5.41) is 8.77. The number of likely N-dealkylation sites (tertiary alicyclic amines) is 1. The number of piperidine rings is 1. The third-order valence-electron chi connectivity index (χ3n) is 5.76. The van der Waals surface area contributed by atoms with E-state index >= 15 is 0 Å². The number of benzene rings is 2. The van der Waals surface area contributed by atoms with E-state index in [4.69, 9.17) is 0 Å². The van der Waals surface area contributed by atoms with E-state index in [1.54, 1.807) is 0 Å². The van der Waals surface area contributed by atoms with Gasteiger partial charge in [0.15, 0.2) is 5.65 Å². The molecule has 4 heteroatoms. The van der Waals surface area contributed by atoms with Gasteiger partial charge in [-0.15, -0.1) is 10.2 Å². The third-order valence-corrected chi connectivity index (χ3v) is 5.76. The maximum absolute atomic E-state index is 4.46. The number of hydrogen-bond donors (Lipinski definition) is 0. The molecule has 2 aromatic carbocycles. The van der Waals surface area contributed by atoms with Crippen LogP contribution in [0, 0.1) is 0 Å². The normalized spacial score (nSPS) is 15.9. The molecule has 4 nitrogen and oxygen atoms in total. The fraction of sp³-hybridized carbons (Fsp3) is 0.250. The summed E-state index contributed by atoms with van der Waals surface area (Å²) in [6.45, 7) is 3.22. The molecule has 4 aromatic rings. The van der Waals surface area contributed by atoms with Crippen molar-refractivity contribution >= 4 is 5.65 Å². The fourth-order valence-corrected chi connectivity index (χ4v) is 4.18. The van der Waals surface area contributed by atoms with Crippen molar-refractivity contribution in [1.29, 1.82) is 0 Å². The Hall–Kier alpha value is -2.98. The van der Waals surface area contributed by atoms with E-state index in [0.29, 0.717) is 5.92 Å². The summed E-state index contributed by atoms with van der Waals surface area (Å²) in [4.78, 5) is 2.55. The van der Waals surface area contributed by atoms with Gasteiger partial charge in [0, 0.05) is 18.7 Å². The van der Waals surface area contributed by atoms with Crippen LogP contribution < -0.4 is 0 Å². The molecule has 1 saturated heterocycles. The summed E-state index contributed by atoms with van der Waals surface area (Å²) in [6.07, 6.45) is 4.35. The first kappa shape index (κ1) is 17.1. The van der Waals surface area contributed by atoms with Gasteiger partial charge in [-0.25, -0.2) is 0 Å². The first-order valence-corrected chi connectivity index (χ1v) is 10.0. The molecule has 1 aliphatic heterocycles. The summed E-state index contributed by atoms with van der Waals surface area (Å²) in [5.74, 6) is 1.61. The highest BCUT2D eigenvalue weighted by atomic mass is 15.2. The van der Waals surface area contributed by atoms with Gasteiger partial charge < -0.3 is 0 Å². The second-order valence-electron chi connectivity index (χ2n) is 7.60. The maximum atomic E-state index is 4.46. The van der Waals surface area contributed by atoms with Gasteiger partial charge in [-0.3, -0.25) is 9.30 Å². The average molecular weight is 368 g/mol. The Bertz CT molecular complexity index is 1040. The second kappa shape index (κ2) is 7.56. The molecule has 1 fully saturated rings. The second-order valence-corrected chi connectivity index (χ2v) is 7.60. The van der Waals surface area contributed by atoms with E-state index in [9.17, 15) is 0 Å². The van der Waals surface area contributed by atoms with Crippen LogP contribution in [0.3, 0.4) is 0 Å². The summed E-state index contributed by atoms with van der Waals surface area (Å²) in [5.41, 5.74) is 4.88. The molecule has 0 N–H and O–H groups in total. The predicted molar refractivity (Wildman–Crippen MR) is 112 cm³/mol. The van der Waals surface area contributed by atoms with E-state index in [1.165, 1.54) is 16.7 Å². The van der Waals surface area contributed by atoms with Crippen molar-refractivity contribution in [3.63, 3.8) is 0 Å². The molecule has 1 aliphatic rings. The number of rotatable bonds is 4. The number of aromatic nitrogens is 3. The van der Waals surface area contributed by atoms with Crippen LogP contribution in [0.2, 0.25) is 0 Å². The third kappa shape index (κ3) is 3.43. The minimum atomic E-state index is 0.495. The van der Waals surface area contributed by atoms with Crippen LogP contribution in [0.4, 0.5) is 0 Å². The lowest BCUT2D eigenvalue weighted by atomic mass is 9.95. The summed E-state index contributed by atoms with van der Waals surface area (Å²) < 4.78 is 2.14. The van der Waals surface area contributed by atoms with Gasteiger partial charge in [0.1, 0.15) is 5.82 Å². The van der Waals surface area contributed by atoms with Gasteiger partial charge >= 0.3 is 0 Å². The van der Waals surface area contributed by atoms with Crippen LogP contribution >= 0.6 is 0 Å². The van der Waals surface area contributed by atoms with Gasteiger partial charge in [0.2, 0.25) is 0 Å². The Morgan fingerprint density at radius 3 is 2.25 bits per heavy atom. The van der Waals surface area contributed by atoms with E-state index in [1.807, 2.05) is 18.2 Å². The predicted octanol–water partition coefficient (Wildman–Crippen LogP) is 4.78.